The average Bonchev–Trinajstić information content (AvgIpc) is 3.26. The molecule has 150 valence electrons. The van der Waals surface area contributed by atoms with E-state index in [1.807, 2.05) is 30.3 Å². The van der Waals surface area contributed by atoms with Crippen molar-refractivity contribution in [2.24, 2.45) is 0 Å². The van der Waals surface area contributed by atoms with E-state index in [0.29, 0.717) is 18.8 Å². The number of para-hydroxylation sites is 1. The van der Waals surface area contributed by atoms with Gasteiger partial charge >= 0.3 is 0 Å². The molecule has 2 saturated heterocycles. The molecule has 4 rings (SSSR count). The number of carbonyl (C=O) groups excluding carboxylic acids is 3. The van der Waals surface area contributed by atoms with Gasteiger partial charge in [0.2, 0.25) is 5.91 Å². The first-order valence-corrected chi connectivity index (χ1v) is 10.2. The number of hydrogen-bond donors (Lipinski definition) is 0. The molecule has 3 amide bonds. The van der Waals surface area contributed by atoms with Gasteiger partial charge in [0, 0.05) is 37.9 Å². The summed E-state index contributed by atoms with van der Waals surface area (Å²) in [4.78, 5) is 42.7. The molecule has 2 fully saturated rings. The number of amides is 3. The molecule has 3 heterocycles. The van der Waals surface area contributed by atoms with Crippen LogP contribution in [0.3, 0.4) is 0 Å². The first-order valence-electron chi connectivity index (χ1n) is 9.41. The van der Waals surface area contributed by atoms with Crippen molar-refractivity contribution in [1.29, 1.82) is 0 Å². The van der Waals surface area contributed by atoms with Crippen LogP contribution in [0, 0.1) is 6.92 Å². The predicted octanol–water partition coefficient (Wildman–Crippen LogP) is 2.97. The quantitative estimate of drug-likeness (QED) is 0.720. The Labute approximate surface area is 172 Å². The van der Waals surface area contributed by atoms with Crippen molar-refractivity contribution in [3.8, 4) is 0 Å². The molecule has 2 aliphatic rings. The van der Waals surface area contributed by atoms with Crippen LogP contribution in [0.25, 0.3) is 6.08 Å². The smallest absolute Gasteiger partial charge is 0.294 e. The van der Waals surface area contributed by atoms with Crippen LogP contribution in [0.1, 0.15) is 11.5 Å². The summed E-state index contributed by atoms with van der Waals surface area (Å²) in [5, 5.41) is -0.430. The molecule has 0 saturated carbocycles. The van der Waals surface area contributed by atoms with E-state index in [9.17, 15) is 14.4 Å². The van der Waals surface area contributed by atoms with Crippen molar-refractivity contribution in [3.63, 3.8) is 0 Å². The van der Waals surface area contributed by atoms with Crippen molar-refractivity contribution in [1.82, 2.24) is 9.80 Å². The maximum atomic E-state index is 12.7. The molecular weight excluding hydrogens is 390 g/mol. The fraction of sp³-hybridized carbons (Fsp3) is 0.286. The van der Waals surface area contributed by atoms with Gasteiger partial charge in [0.25, 0.3) is 11.1 Å². The van der Waals surface area contributed by atoms with Crippen molar-refractivity contribution < 1.29 is 18.8 Å². The van der Waals surface area contributed by atoms with Gasteiger partial charge in [0.15, 0.2) is 0 Å². The summed E-state index contributed by atoms with van der Waals surface area (Å²) >= 11 is 0.832. The molecule has 0 bridgehead atoms. The van der Waals surface area contributed by atoms with Gasteiger partial charge in [-0.3, -0.25) is 19.3 Å². The summed E-state index contributed by atoms with van der Waals surface area (Å²) in [6, 6.07) is 13.6. The molecule has 0 radical (unpaired) electrons. The molecule has 0 N–H and O–H groups in total. The standard InChI is InChI=1S/C21H21N3O4S/c1-15-7-8-17(28-15)13-18-20(26)24(21(27)29-18)14-19(25)23-11-9-22(10-12-23)16-5-3-2-4-6-16/h2-8,13H,9-12,14H2,1H3. The third kappa shape index (κ3) is 4.22. The maximum absolute atomic E-state index is 12.7. The molecular formula is C21H21N3O4S. The number of nitrogens with zero attached hydrogens (tertiary/aromatic N) is 3. The average molecular weight is 411 g/mol. The highest BCUT2D eigenvalue weighted by atomic mass is 32.2. The Balaban J connectivity index is 1.35. The van der Waals surface area contributed by atoms with E-state index in [1.165, 1.54) is 0 Å². The Kier molecular flexibility index (Phi) is 5.44. The van der Waals surface area contributed by atoms with E-state index in [4.69, 9.17) is 4.42 Å². The van der Waals surface area contributed by atoms with Crippen LogP contribution in [0.2, 0.25) is 0 Å². The Morgan fingerprint density at radius 3 is 2.45 bits per heavy atom. The SMILES string of the molecule is Cc1ccc(C=C2SC(=O)N(CC(=O)N3CCN(c4ccccc4)CC3)C2=O)o1. The summed E-state index contributed by atoms with van der Waals surface area (Å²) < 4.78 is 5.44. The van der Waals surface area contributed by atoms with Crippen LogP contribution < -0.4 is 4.90 Å². The summed E-state index contributed by atoms with van der Waals surface area (Å²) in [7, 11) is 0. The number of piperazine rings is 1. The zero-order valence-electron chi connectivity index (χ0n) is 16.0. The first-order chi connectivity index (χ1) is 14.0. The lowest BCUT2D eigenvalue weighted by Gasteiger charge is -2.36. The third-order valence-corrected chi connectivity index (χ3v) is 5.86. The summed E-state index contributed by atoms with van der Waals surface area (Å²) in [5.74, 6) is 0.567. The molecule has 2 aromatic rings. The fourth-order valence-corrected chi connectivity index (χ4v) is 4.20. The van der Waals surface area contributed by atoms with Gasteiger partial charge in [0.05, 0.1) is 4.91 Å². The van der Waals surface area contributed by atoms with Crippen LogP contribution in [0.4, 0.5) is 10.5 Å². The lowest BCUT2D eigenvalue weighted by Crippen LogP contribution is -2.51. The normalized spacial score (nSPS) is 18.8. The van der Waals surface area contributed by atoms with Gasteiger partial charge in [-0.1, -0.05) is 18.2 Å². The minimum Gasteiger partial charge on any atom is -0.462 e. The van der Waals surface area contributed by atoms with Gasteiger partial charge in [-0.2, -0.15) is 0 Å². The Morgan fingerprint density at radius 1 is 1.07 bits per heavy atom. The molecule has 0 aliphatic carbocycles. The van der Waals surface area contributed by atoms with Gasteiger partial charge in [0.1, 0.15) is 18.1 Å². The third-order valence-electron chi connectivity index (χ3n) is 4.96. The van der Waals surface area contributed by atoms with Crippen LogP contribution in [0.15, 0.2) is 51.8 Å². The number of benzene rings is 1. The lowest BCUT2D eigenvalue weighted by atomic mass is 10.2. The zero-order chi connectivity index (χ0) is 20.4. The van der Waals surface area contributed by atoms with E-state index < -0.39 is 11.1 Å². The van der Waals surface area contributed by atoms with Crippen LogP contribution in [0.5, 0.6) is 0 Å². The van der Waals surface area contributed by atoms with Crippen LogP contribution in [-0.2, 0) is 9.59 Å². The molecule has 1 aromatic carbocycles. The molecule has 7 nitrogen and oxygen atoms in total. The number of anilines is 1. The number of aryl methyl sites for hydroxylation is 1. The second kappa shape index (κ2) is 8.16. The molecule has 1 aromatic heterocycles. The predicted molar refractivity (Wildman–Crippen MR) is 111 cm³/mol. The van der Waals surface area contributed by atoms with Gasteiger partial charge in [-0.05, 0) is 43.0 Å². The number of hydrogen-bond acceptors (Lipinski definition) is 6. The van der Waals surface area contributed by atoms with Crippen molar-refractivity contribution in [3.05, 3.63) is 58.9 Å². The van der Waals surface area contributed by atoms with Crippen LogP contribution in [-0.4, -0.2) is 59.6 Å². The Morgan fingerprint density at radius 2 is 1.79 bits per heavy atom. The molecule has 2 aliphatic heterocycles. The highest BCUT2D eigenvalue weighted by Crippen LogP contribution is 2.32. The Bertz CT molecular complexity index is 961. The summed E-state index contributed by atoms with van der Waals surface area (Å²) in [5.41, 5.74) is 1.13. The minimum atomic E-state index is -0.453. The van der Waals surface area contributed by atoms with Crippen molar-refractivity contribution in [2.75, 3.05) is 37.6 Å². The topological polar surface area (TPSA) is 74.1 Å². The largest absolute Gasteiger partial charge is 0.462 e. The van der Waals surface area contributed by atoms with Gasteiger partial charge < -0.3 is 14.2 Å². The zero-order valence-corrected chi connectivity index (χ0v) is 16.9. The molecule has 8 heteroatoms. The monoisotopic (exact) mass is 411 g/mol. The highest BCUT2D eigenvalue weighted by molar-refractivity contribution is 8.18. The summed E-state index contributed by atoms with van der Waals surface area (Å²) in [6.07, 6.45) is 1.54. The number of thioether (sulfide) groups is 1. The maximum Gasteiger partial charge on any atom is 0.294 e. The number of imide groups is 1. The second-order valence-electron chi connectivity index (χ2n) is 6.92. The fourth-order valence-electron chi connectivity index (χ4n) is 3.38. The van der Waals surface area contributed by atoms with E-state index >= 15 is 0 Å². The van der Waals surface area contributed by atoms with E-state index in [1.54, 1.807) is 30.0 Å². The van der Waals surface area contributed by atoms with E-state index in [2.05, 4.69) is 4.90 Å². The second-order valence-corrected chi connectivity index (χ2v) is 7.91. The highest BCUT2D eigenvalue weighted by Gasteiger charge is 2.37. The molecule has 0 unspecified atom stereocenters. The first kappa shape index (κ1) is 19.3. The van der Waals surface area contributed by atoms with Gasteiger partial charge in [-0.25, -0.2) is 0 Å². The Hall–Kier alpha value is -3.00. The van der Waals surface area contributed by atoms with E-state index in [-0.39, 0.29) is 17.4 Å². The van der Waals surface area contributed by atoms with Crippen molar-refractivity contribution in [2.45, 2.75) is 6.92 Å². The lowest BCUT2D eigenvalue weighted by molar-refractivity contribution is -0.136. The van der Waals surface area contributed by atoms with E-state index in [0.717, 1.165) is 41.2 Å². The van der Waals surface area contributed by atoms with Gasteiger partial charge in [-0.15, -0.1) is 0 Å². The number of rotatable bonds is 4. The number of carbonyl (C=O) groups is 3. The molecule has 0 spiro atoms. The molecule has 0 atom stereocenters. The molecule has 29 heavy (non-hydrogen) atoms. The number of furan rings is 1. The minimum absolute atomic E-state index is 0.213. The van der Waals surface area contributed by atoms with Crippen molar-refractivity contribution >= 4 is 40.6 Å². The van der Waals surface area contributed by atoms with Crippen LogP contribution >= 0.6 is 11.8 Å². The summed E-state index contributed by atoms with van der Waals surface area (Å²) in [6.45, 7) is 4.13.